The Hall–Kier alpha value is -1.47. The SMILES string of the molecule is COCC1(C(=O)N2CCC[C@@H](c3nnc(CN4CCCC4)n3C)C2)CCC1. The van der Waals surface area contributed by atoms with Gasteiger partial charge < -0.3 is 14.2 Å². The van der Waals surface area contributed by atoms with Crippen molar-refractivity contribution >= 4 is 5.91 Å². The van der Waals surface area contributed by atoms with Gasteiger partial charge in [0.05, 0.1) is 18.6 Å². The fourth-order valence-corrected chi connectivity index (χ4v) is 5.02. The van der Waals surface area contributed by atoms with Crippen LogP contribution >= 0.6 is 0 Å². The van der Waals surface area contributed by atoms with Gasteiger partial charge in [-0.1, -0.05) is 6.42 Å². The van der Waals surface area contributed by atoms with Crippen LogP contribution < -0.4 is 0 Å². The van der Waals surface area contributed by atoms with Gasteiger partial charge in [-0.3, -0.25) is 9.69 Å². The van der Waals surface area contributed by atoms with Crippen molar-refractivity contribution in [3.05, 3.63) is 11.6 Å². The molecule has 1 aliphatic carbocycles. The summed E-state index contributed by atoms with van der Waals surface area (Å²) in [6.07, 6.45) is 7.75. The van der Waals surface area contributed by atoms with Gasteiger partial charge in [0.1, 0.15) is 11.6 Å². The average Bonchev–Trinajstić information content (AvgIpc) is 3.29. The minimum absolute atomic E-state index is 0.266. The third kappa shape index (κ3) is 3.63. The van der Waals surface area contributed by atoms with Crippen LogP contribution in [0, 0.1) is 5.41 Å². The van der Waals surface area contributed by atoms with Crippen LogP contribution in [-0.4, -0.2) is 70.4 Å². The monoisotopic (exact) mass is 375 g/mol. The summed E-state index contributed by atoms with van der Waals surface area (Å²) in [7, 11) is 3.79. The summed E-state index contributed by atoms with van der Waals surface area (Å²) < 4.78 is 7.55. The highest BCUT2D eigenvalue weighted by molar-refractivity contribution is 5.84. The minimum Gasteiger partial charge on any atom is -0.384 e. The van der Waals surface area contributed by atoms with Gasteiger partial charge >= 0.3 is 0 Å². The molecule has 0 aromatic carbocycles. The average molecular weight is 376 g/mol. The molecule has 0 radical (unpaired) electrons. The Morgan fingerprint density at radius 2 is 1.93 bits per heavy atom. The molecule has 150 valence electrons. The second-order valence-corrected chi connectivity index (χ2v) is 8.67. The van der Waals surface area contributed by atoms with E-state index < -0.39 is 0 Å². The first kappa shape index (κ1) is 18.9. The molecule has 4 rings (SSSR count). The van der Waals surface area contributed by atoms with Crippen LogP contribution in [0.25, 0.3) is 0 Å². The summed E-state index contributed by atoms with van der Waals surface area (Å²) in [5.74, 6) is 2.66. The molecule has 3 fully saturated rings. The first-order valence-electron chi connectivity index (χ1n) is 10.5. The number of amides is 1. The Labute approximate surface area is 162 Å². The highest BCUT2D eigenvalue weighted by Crippen LogP contribution is 2.43. The number of ether oxygens (including phenoxy) is 1. The highest BCUT2D eigenvalue weighted by atomic mass is 16.5. The molecule has 0 N–H and O–H groups in total. The second-order valence-electron chi connectivity index (χ2n) is 8.67. The van der Waals surface area contributed by atoms with E-state index in [1.54, 1.807) is 7.11 Å². The zero-order chi connectivity index (χ0) is 18.9. The first-order chi connectivity index (χ1) is 13.1. The molecule has 1 atom stereocenters. The number of likely N-dealkylation sites (tertiary alicyclic amines) is 2. The lowest BCUT2D eigenvalue weighted by Gasteiger charge is -2.45. The molecule has 7 nitrogen and oxygen atoms in total. The number of nitrogens with zero attached hydrogens (tertiary/aromatic N) is 5. The maximum absolute atomic E-state index is 13.2. The van der Waals surface area contributed by atoms with Crippen LogP contribution in [0.15, 0.2) is 0 Å². The number of hydrogen-bond donors (Lipinski definition) is 0. The molecule has 1 amide bonds. The Bertz CT molecular complexity index is 663. The summed E-state index contributed by atoms with van der Waals surface area (Å²) >= 11 is 0. The molecule has 0 spiro atoms. The molecule has 1 aromatic rings. The molecular weight excluding hydrogens is 342 g/mol. The number of rotatable bonds is 6. The van der Waals surface area contributed by atoms with Crippen LogP contribution in [0.3, 0.4) is 0 Å². The van der Waals surface area contributed by atoms with Crippen molar-refractivity contribution in [2.75, 3.05) is 39.9 Å². The number of carbonyl (C=O) groups excluding carboxylic acids is 1. The summed E-state index contributed by atoms with van der Waals surface area (Å²) in [4.78, 5) is 17.7. The molecule has 3 heterocycles. The Balaban J connectivity index is 1.44. The Morgan fingerprint density at radius 1 is 1.15 bits per heavy atom. The molecule has 27 heavy (non-hydrogen) atoms. The molecular formula is C20H33N5O2. The van der Waals surface area contributed by atoms with Gasteiger partial charge in [-0.05, 0) is 51.6 Å². The smallest absolute Gasteiger partial charge is 0.231 e. The fourth-order valence-electron chi connectivity index (χ4n) is 5.02. The molecule has 2 aliphatic heterocycles. The summed E-state index contributed by atoms with van der Waals surface area (Å²) in [5.41, 5.74) is -0.266. The number of hydrogen-bond acceptors (Lipinski definition) is 5. The van der Waals surface area contributed by atoms with E-state index in [1.165, 1.54) is 12.8 Å². The molecule has 1 saturated carbocycles. The predicted molar refractivity (Wildman–Crippen MR) is 102 cm³/mol. The normalized spacial score (nSPS) is 25.6. The number of aromatic nitrogens is 3. The van der Waals surface area contributed by atoms with Gasteiger partial charge in [0.25, 0.3) is 0 Å². The standard InChI is InChI=1S/C20H33N5O2/c1-23-17(14-24-10-3-4-11-24)21-22-18(23)16-7-5-12-25(13-16)19(26)20(15-27-2)8-6-9-20/h16H,3-15H2,1-2H3/t16-/m1/s1. The van der Waals surface area contributed by atoms with Gasteiger partial charge in [-0.15, -0.1) is 10.2 Å². The fraction of sp³-hybridized carbons (Fsp3) is 0.850. The zero-order valence-corrected chi connectivity index (χ0v) is 16.8. The van der Waals surface area contributed by atoms with Crippen LogP contribution in [0.5, 0.6) is 0 Å². The molecule has 0 bridgehead atoms. The van der Waals surface area contributed by atoms with Crippen molar-refractivity contribution < 1.29 is 9.53 Å². The van der Waals surface area contributed by atoms with E-state index in [4.69, 9.17) is 4.74 Å². The lowest BCUT2D eigenvalue weighted by molar-refractivity contribution is -0.153. The van der Waals surface area contributed by atoms with E-state index in [0.29, 0.717) is 12.5 Å². The van der Waals surface area contributed by atoms with Crippen LogP contribution in [0.1, 0.15) is 62.5 Å². The van der Waals surface area contributed by atoms with E-state index in [2.05, 4.69) is 31.6 Å². The number of carbonyl (C=O) groups is 1. The van der Waals surface area contributed by atoms with Gasteiger partial charge in [-0.2, -0.15) is 0 Å². The Morgan fingerprint density at radius 3 is 2.59 bits per heavy atom. The zero-order valence-electron chi connectivity index (χ0n) is 16.8. The van der Waals surface area contributed by atoms with Crippen molar-refractivity contribution in [1.29, 1.82) is 0 Å². The van der Waals surface area contributed by atoms with Gasteiger partial charge in [0.15, 0.2) is 0 Å². The van der Waals surface area contributed by atoms with E-state index in [0.717, 1.165) is 76.5 Å². The first-order valence-corrected chi connectivity index (χ1v) is 10.5. The second kappa shape index (κ2) is 7.87. The van der Waals surface area contributed by atoms with Crippen molar-refractivity contribution in [2.24, 2.45) is 12.5 Å². The summed E-state index contributed by atoms with van der Waals surface area (Å²) in [6, 6.07) is 0. The minimum atomic E-state index is -0.266. The number of methoxy groups -OCH3 is 1. The van der Waals surface area contributed by atoms with Crippen molar-refractivity contribution in [3.63, 3.8) is 0 Å². The largest absolute Gasteiger partial charge is 0.384 e. The summed E-state index contributed by atoms with van der Waals surface area (Å²) in [6.45, 7) is 5.39. The van der Waals surface area contributed by atoms with Crippen LogP contribution in [0.2, 0.25) is 0 Å². The van der Waals surface area contributed by atoms with Crippen LogP contribution in [-0.2, 0) is 23.1 Å². The van der Waals surface area contributed by atoms with E-state index in [9.17, 15) is 4.79 Å². The van der Waals surface area contributed by atoms with Crippen molar-refractivity contribution in [2.45, 2.75) is 57.4 Å². The number of piperidine rings is 1. The van der Waals surface area contributed by atoms with E-state index >= 15 is 0 Å². The summed E-state index contributed by atoms with van der Waals surface area (Å²) in [5, 5.41) is 9.01. The molecule has 3 aliphatic rings. The van der Waals surface area contributed by atoms with Gasteiger partial charge in [0.2, 0.25) is 5.91 Å². The highest BCUT2D eigenvalue weighted by Gasteiger charge is 2.47. The van der Waals surface area contributed by atoms with Crippen molar-refractivity contribution in [1.82, 2.24) is 24.6 Å². The lowest BCUT2D eigenvalue weighted by atomic mass is 9.68. The molecule has 7 heteroatoms. The van der Waals surface area contributed by atoms with Crippen molar-refractivity contribution in [3.8, 4) is 0 Å². The lowest BCUT2D eigenvalue weighted by Crippen LogP contribution is -2.52. The third-order valence-electron chi connectivity index (χ3n) is 6.82. The third-order valence-corrected chi connectivity index (χ3v) is 6.82. The Kier molecular flexibility index (Phi) is 5.50. The van der Waals surface area contributed by atoms with Gasteiger partial charge in [0, 0.05) is 33.2 Å². The molecule has 1 aromatic heterocycles. The molecule has 0 unspecified atom stereocenters. The van der Waals surface area contributed by atoms with E-state index in [1.807, 2.05) is 0 Å². The maximum atomic E-state index is 13.2. The quantitative estimate of drug-likeness (QED) is 0.760. The topological polar surface area (TPSA) is 63.5 Å². The predicted octanol–water partition coefficient (Wildman–Crippen LogP) is 1.93. The van der Waals surface area contributed by atoms with E-state index in [-0.39, 0.29) is 11.3 Å². The molecule has 2 saturated heterocycles. The van der Waals surface area contributed by atoms with Crippen LogP contribution in [0.4, 0.5) is 0 Å². The maximum Gasteiger partial charge on any atom is 0.231 e. The van der Waals surface area contributed by atoms with Gasteiger partial charge in [-0.25, -0.2) is 0 Å².